The topological polar surface area (TPSA) is 169 Å². The highest BCUT2D eigenvalue weighted by molar-refractivity contribution is 6.21. The third-order valence-electron chi connectivity index (χ3n) is 25.2. The normalized spacial score (nSPS) is 11.6. The summed E-state index contributed by atoms with van der Waals surface area (Å²) >= 11 is 0. The van der Waals surface area contributed by atoms with E-state index >= 15 is 0 Å². The molecule has 0 radical (unpaired) electrons. The van der Waals surface area contributed by atoms with Crippen molar-refractivity contribution in [1.82, 2.24) is 44.9 Å². The molecular formula is C121H73N9O4. The zero-order valence-corrected chi connectivity index (χ0v) is 71.8. The predicted octanol–water partition coefficient (Wildman–Crippen LogP) is 31.8. The molecule has 27 rings (SSSR count). The third-order valence-corrected chi connectivity index (χ3v) is 25.2. The second kappa shape index (κ2) is 33.1. The fourth-order valence-corrected chi connectivity index (χ4v) is 18.7. The van der Waals surface area contributed by atoms with Crippen LogP contribution in [0.25, 0.3) is 267 Å². The van der Waals surface area contributed by atoms with E-state index in [0.29, 0.717) is 52.4 Å². The van der Waals surface area contributed by atoms with Crippen LogP contribution in [0.15, 0.2) is 461 Å². The maximum absolute atomic E-state index is 6.47. The minimum atomic E-state index is 0.580. The minimum Gasteiger partial charge on any atom is -0.456 e. The molecule has 626 valence electrons. The molecule has 13 nitrogen and oxygen atoms in total. The molecule has 0 fully saturated rings. The van der Waals surface area contributed by atoms with Crippen LogP contribution < -0.4 is 0 Å². The van der Waals surface area contributed by atoms with E-state index in [1.807, 2.05) is 182 Å². The summed E-state index contributed by atoms with van der Waals surface area (Å²) in [4.78, 5) is 45.2. The molecule has 0 aliphatic rings. The Kier molecular flexibility index (Phi) is 19.2. The van der Waals surface area contributed by atoms with Crippen molar-refractivity contribution in [3.63, 3.8) is 0 Å². The molecule has 0 atom stereocenters. The van der Waals surface area contributed by atoms with Crippen molar-refractivity contribution < 1.29 is 17.7 Å². The van der Waals surface area contributed by atoms with Crippen LogP contribution in [0, 0.1) is 0 Å². The van der Waals surface area contributed by atoms with Gasteiger partial charge < -0.3 is 17.7 Å². The van der Waals surface area contributed by atoms with Gasteiger partial charge in [0.15, 0.2) is 52.4 Å². The van der Waals surface area contributed by atoms with E-state index in [4.69, 9.17) is 62.5 Å². The summed E-state index contributed by atoms with van der Waals surface area (Å²) < 4.78 is 25.5. The monoisotopic (exact) mass is 1720 g/mol. The second-order valence-electron chi connectivity index (χ2n) is 33.3. The molecular weight excluding hydrogens is 1640 g/mol. The average Bonchev–Trinajstić information content (AvgIpc) is 1.60. The smallest absolute Gasteiger partial charge is 0.164 e. The molecule has 0 bridgehead atoms. The predicted molar refractivity (Wildman–Crippen MR) is 544 cm³/mol. The number of nitrogens with zero attached hydrogens (tertiary/aromatic N) is 9. The summed E-state index contributed by atoms with van der Waals surface area (Å²) in [7, 11) is 0. The van der Waals surface area contributed by atoms with Gasteiger partial charge in [-0.25, -0.2) is 44.9 Å². The van der Waals surface area contributed by atoms with Crippen molar-refractivity contribution in [1.29, 1.82) is 0 Å². The molecule has 0 unspecified atom stereocenters. The standard InChI is InChI=1S/C43H27N3O.C41H25N3O.C37H21N3O2/c1-3-11-28(12-4-1)33-25-26-36-39(27-33)47-38-20-10-19-37(40(36)38)43-45-41(31-14-5-2-6-15-31)44-42(46-43)32-23-21-30(22-24-32)35-18-9-16-29-13-7-8-17-34(29)35;1-2-12-29(13-3-1)39-42-40(30-22-20-28(21-23-30)32-17-8-14-26-10-4-6-15-31(26)32)44-41(43-39)35-18-9-19-36-37(35)34-25-24-27-11-5-7-16-33(27)38(34)45-36;1-2-10-23(11-3-1)35-38-36(24-18-19-27-26-13-6-7-15-30(26)41-32(27)21-24)40-37(39-35)29-14-8-16-31-33(29)28-20-17-22-9-4-5-12-25(22)34(28)42-31/h1-27H;1-25H;1-21H. The highest BCUT2D eigenvalue weighted by Gasteiger charge is 2.25. The first-order valence-electron chi connectivity index (χ1n) is 44.6. The van der Waals surface area contributed by atoms with Crippen molar-refractivity contribution in [2.24, 2.45) is 0 Å². The molecule has 13 heteroatoms. The Morgan fingerprint density at radius 2 is 0.388 bits per heavy atom. The quantitative estimate of drug-likeness (QED) is 0.113. The number of para-hydroxylation sites is 1. The summed E-state index contributed by atoms with van der Waals surface area (Å²) in [5.74, 6) is 5.49. The first kappa shape index (κ1) is 78.0. The molecule has 0 saturated carbocycles. The van der Waals surface area contributed by atoms with Crippen LogP contribution in [0.2, 0.25) is 0 Å². The van der Waals surface area contributed by atoms with Crippen LogP contribution in [0.1, 0.15) is 0 Å². The van der Waals surface area contributed by atoms with Crippen molar-refractivity contribution in [2.45, 2.75) is 0 Å². The van der Waals surface area contributed by atoms with Crippen molar-refractivity contribution in [3.05, 3.63) is 443 Å². The molecule has 20 aromatic carbocycles. The lowest BCUT2D eigenvalue weighted by Crippen LogP contribution is -2.00. The number of furan rings is 4. The Labute approximate surface area is 767 Å². The van der Waals surface area contributed by atoms with E-state index in [0.717, 1.165) is 182 Å². The summed E-state index contributed by atoms with van der Waals surface area (Å²) in [5.41, 5.74) is 21.8. The highest BCUT2D eigenvalue weighted by atomic mass is 16.3. The number of hydrogen-bond acceptors (Lipinski definition) is 13. The zero-order valence-electron chi connectivity index (χ0n) is 71.8. The van der Waals surface area contributed by atoms with E-state index in [-0.39, 0.29) is 0 Å². The maximum atomic E-state index is 6.47. The number of fused-ring (bicyclic) bond motifs is 18. The minimum absolute atomic E-state index is 0.580. The Morgan fingerprint density at radius 1 is 0.127 bits per heavy atom. The van der Waals surface area contributed by atoms with Crippen LogP contribution in [-0.2, 0) is 0 Å². The second-order valence-corrected chi connectivity index (χ2v) is 33.3. The number of benzene rings is 20. The molecule has 7 heterocycles. The van der Waals surface area contributed by atoms with Gasteiger partial charge in [-0.1, -0.05) is 382 Å². The fourth-order valence-electron chi connectivity index (χ4n) is 18.7. The van der Waals surface area contributed by atoms with Gasteiger partial charge in [-0.05, 0) is 126 Å². The van der Waals surface area contributed by atoms with Crippen LogP contribution >= 0.6 is 0 Å². The largest absolute Gasteiger partial charge is 0.456 e. The number of rotatable bonds is 12. The Bertz CT molecular complexity index is 9250. The van der Waals surface area contributed by atoms with E-state index < -0.39 is 0 Å². The van der Waals surface area contributed by atoms with Crippen LogP contribution in [0.4, 0.5) is 0 Å². The van der Waals surface area contributed by atoms with Crippen molar-refractivity contribution in [3.8, 4) is 136 Å². The van der Waals surface area contributed by atoms with Gasteiger partial charge in [-0.2, -0.15) is 0 Å². The lowest BCUT2D eigenvalue weighted by atomic mass is 9.97. The Balaban J connectivity index is 0.000000108. The van der Waals surface area contributed by atoms with Gasteiger partial charge in [0.25, 0.3) is 0 Å². The lowest BCUT2D eigenvalue weighted by molar-refractivity contribution is 0.668. The van der Waals surface area contributed by atoms with E-state index in [1.165, 1.54) is 32.7 Å². The Morgan fingerprint density at radius 3 is 0.836 bits per heavy atom. The van der Waals surface area contributed by atoms with Crippen LogP contribution in [-0.4, -0.2) is 44.9 Å². The van der Waals surface area contributed by atoms with Gasteiger partial charge >= 0.3 is 0 Å². The maximum Gasteiger partial charge on any atom is 0.164 e. The van der Waals surface area contributed by atoms with Gasteiger partial charge in [0.2, 0.25) is 0 Å². The van der Waals surface area contributed by atoms with Gasteiger partial charge in [0.05, 0.1) is 0 Å². The first-order valence-corrected chi connectivity index (χ1v) is 44.6. The summed E-state index contributed by atoms with van der Waals surface area (Å²) in [6.45, 7) is 0. The van der Waals surface area contributed by atoms with E-state index in [2.05, 4.69) is 261 Å². The molecule has 0 N–H and O–H groups in total. The molecule has 27 aromatic rings. The van der Waals surface area contributed by atoms with Gasteiger partial charge in [-0.3, -0.25) is 0 Å². The molecule has 0 amide bonds. The first-order chi connectivity index (χ1) is 66.4. The zero-order chi connectivity index (χ0) is 88.5. The molecule has 134 heavy (non-hydrogen) atoms. The molecule has 0 aliphatic carbocycles. The highest BCUT2D eigenvalue weighted by Crippen LogP contribution is 2.45. The SMILES string of the molecule is c1ccc(-c2ccc3c(c2)oc2cccc(-c4nc(-c5ccccc5)nc(-c5ccc(-c6cccc7ccccc67)cc5)n4)c23)cc1.c1ccc(-c2nc(-c3ccc(-c4cccc5ccccc45)cc3)nc(-c3cccc4oc5c6ccccc6ccc5c34)n2)cc1.c1ccc(-c2nc(-c3ccc4c(c3)oc3ccccc34)nc(-c3cccc4oc5c6ccccc6ccc5c34)n2)cc1. The van der Waals surface area contributed by atoms with Gasteiger partial charge in [0, 0.05) is 104 Å². The fraction of sp³-hybridized carbons (Fsp3) is 0. The van der Waals surface area contributed by atoms with Crippen LogP contribution in [0.3, 0.4) is 0 Å². The van der Waals surface area contributed by atoms with Gasteiger partial charge in [0.1, 0.15) is 44.7 Å². The number of hydrogen-bond donors (Lipinski definition) is 0. The van der Waals surface area contributed by atoms with Gasteiger partial charge in [-0.15, -0.1) is 0 Å². The van der Waals surface area contributed by atoms with E-state index in [1.54, 1.807) is 0 Å². The molecule has 0 aliphatic heterocycles. The third kappa shape index (κ3) is 14.2. The summed E-state index contributed by atoms with van der Waals surface area (Å²) in [6, 6.07) is 151. The van der Waals surface area contributed by atoms with Crippen molar-refractivity contribution >= 4 is 131 Å². The van der Waals surface area contributed by atoms with Crippen molar-refractivity contribution in [2.75, 3.05) is 0 Å². The summed E-state index contributed by atoms with van der Waals surface area (Å²) in [5, 5.41) is 17.6. The molecule has 0 saturated heterocycles. The van der Waals surface area contributed by atoms with E-state index in [9.17, 15) is 0 Å². The summed E-state index contributed by atoms with van der Waals surface area (Å²) in [6.07, 6.45) is 0. The molecule has 7 aromatic heterocycles. The lowest BCUT2D eigenvalue weighted by Gasteiger charge is -2.10. The Hall–Kier alpha value is -18.3. The van der Waals surface area contributed by atoms with Crippen LogP contribution in [0.5, 0.6) is 0 Å². The average molecular weight is 1720 g/mol. The molecule has 0 spiro atoms. The number of aromatic nitrogens is 9.